The van der Waals surface area contributed by atoms with Crippen molar-refractivity contribution in [2.75, 3.05) is 0 Å². The highest BCUT2D eigenvalue weighted by Crippen LogP contribution is 2.32. The summed E-state index contributed by atoms with van der Waals surface area (Å²) in [6.45, 7) is 0.163. The summed E-state index contributed by atoms with van der Waals surface area (Å²) < 4.78 is 25.0. The molecule has 0 aliphatic heterocycles. The average molecular weight is 376 g/mol. The lowest BCUT2D eigenvalue weighted by molar-refractivity contribution is 0.0904. The summed E-state index contributed by atoms with van der Waals surface area (Å²) in [6, 6.07) is 16.8. The second kappa shape index (κ2) is 7.57. The molecule has 1 atom stereocenters. The predicted octanol–water partition coefficient (Wildman–Crippen LogP) is 4.29. The van der Waals surface area contributed by atoms with Crippen LogP contribution in [-0.2, 0) is 13.0 Å². The van der Waals surface area contributed by atoms with Gasteiger partial charge in [-0.05, 0) is 66.4 Å². The van der Waals surface area contributed by atoms with Gasteiger partial charge in [-0.15, -0.1) is 0 Å². The lowest BCUT2D eigenvalue weighted by Crippen LogP contribution is -2.26. The summed E-state index contributed by atoms with van der Waals surface area (Å²) in [6.07, 6.45) is 1.27. The highest BCUT2D eigenvalue weighted by atomic mass is 19.1. The lowest BCUT2D eigenvalue weighted by Gasteiger charge is -2.13. The normalized spacial score (nSPS) is 14.9. The number of carbonyl (C=O) groups is 1. The van der Waals surface area contributed by atoms with Crippen molar-refractivity contribution in [3.63, 3.8) is 0 Å². The molecule has 0 saturated carbocycles. The van der Waals surface area contributed by atoms with Gasteiger partial charge in [-0.1, -0.05) is 12.1 Å². The molecule has 140 valence electrons. The molecule has 1 amide bonds. The fourth-order valence-electron chi connectivity index (χ4n) is 3.35. The van der Waals surface area contributed by atoms with Crippen molar-refractivity contribution in [3.05, 3.63) is 88.6 Å². The molecule has 1 unspecified atom stereocenters. The van der Waals surface area contributed by atoms with Crippen LogP contribution in [0.25, 0.3) is 0 Å². The first-order valence-corrected chi connectivity index (χ1v) is 8.94. The molecule has 2 aromatic carbocycles. The van der Waals surface area contributed by atoms with Crippen LogP contribution in [0.5, 0.6) is 5.75 Å². The zero-order chi connectivity index (χ0) is 19.5. The van der Waals surface area contributed by atoms with Gasteiger partial charge in [0.25, 0.3) is 5.91 Å². The van der Waals surface area contributed by atoms with Crippen molar-refractivity contribution in [2.45, 2.75) is 25.5 Å². The van der Waals surface area contributed by atoms with Gasteiger partial charge < -0.3 is 14.5 Å². The molecular weight excluding hydrogens is 359 g/mol. The van der Waals surface area contributed by atoms with E-state index >= 15 is 0 Å². The van der Waals surface area contributed by atoms with Crippen LogP contribution in [0.2, 0.25) is 0 Å². The van der Waals surface area contributed by atoms with Gasteiger partial charge in [0.15, 0.2) is 5.76 Å². The number of hydrogen-bond acceptors (Lipinski definition) is 4. The lowest BCUT2D eigenvalue weighted by atomic mass is 10.1. The molecule has 0 bridgehead atoms. The maximum Gasteiger partial charge on any atom is 0.287 e. The van der Waals surface area contributed by atoms with E-state index in [4.69, 9.17) is 14.4 Å². The minimum Gasteiger partial charge on any atom is -0.486 e. The fourth-order valence-corrected chi connectivity index (χ4v) is 3.35. The van der Waals surface area contributed by atoms with Crippen LogP contribution in [0.1, 0.15) is 45.5 Å². The van der Waals surface area contributed by atoms with Crippen LogP contribution in [-0.4, -0.2) is 5.91 Å². The predicted molar refractivity (Wildman–Crippen MR) is 99.1 cm³/mol. The van der Waals surface area contributed by atoms with Gasteiger partial charge in [0.2, 0.25) is 0 Å². The van der Waals surface area contributed by atoms with E-state index in [1.165, 1.54) is 6.07 Å². The Morgan fingerprint density at radius 1 is 1.21 bits per heavy atom. The van der Waals surface area contributed by atoms with E-state index in [1.807, 2.05) is 12.1 Å². The Kier molecular flexibility index (Phi) is 4.81. The van der Waals surface area contributed by atoms with Crippen molar-refractivity contribution < 1.29 is 18.3 Å². The van der Waals surface area contributed by atoms with Crippen LogP contribution in [0, 0.1) is 17.1 Å². The average Bonchev–Trinajstić information content (AvgIpc) is 3.35. The zero-order valence-corrected chi connectivity index (χ0v) is 14.9. The van der Waals surface area contributed by atoms with Crippen molar-refractivity contribution in [2.24, 2.45) is 0 Å². The number of nitriles is 1. The number of ether oxygens (including phenoxy) is 1. The second-order valence-corrected chi connectivity index (χ2v) is 6.56. The Balaban J connectivity index is 1.37. The number of nitrogens with zero attached hydrogens (tertiary/aromatic N) is 1. The number of carbonyl (C=O) groups excluding carboxylic acids is 1. The van der Waals surface area contributed by atoms with Crippen LogP contribution in [0.15, 0.2) is 59.0 Å². The number of fused-ring (bicyclic) bond motifs is 1. The molecule has 1 heterocycles. The van der Waals surface area contributed by atoms with Crippen LogP contribution in [0.3, 0.4) is 0 Å². The molecular formula is C22H17FN2O3. The molecule has 0 radical (unpaired) electrons. The SMILES string of the molecule is N#Cc1ccc(OCc2ccc(C(=O)NC3CCc4c(F)cccc43)o2)cc1. The first kappa shape index (κ1) is 17.8. The number of hydrogen-bond donors (Lipinski definition) is 1. The summed E-state index contributed by atoms with van der Waals surface area (Å²) >= 11 is 0. The number of nitrogens with one attached hydrogen (secondary N) is 1. The Bertz CT molecular complexity index is 1050. The molecule has 0 fully saturated rings. The van der Waals surface area contributed by atoms with Gasteiger partial charge in [0, 0.05) is 0 Å². The number of halogens is 1. The maximum atomic E-state index is 13.8. The number of rotatable bonds is 5. The number of benzene rings is 2. The van der Waals surface area contributed by atoms with Gasteiger partial charge in [0.1, 0.15) is 23.9 Å². The second-order valence-electron chi connectivity index (χ2n) is 6.56. The van der Waals surface area contributed by atoms with Crippen LogP contribution in [0.4, 0.5) is 4.39 Å². The Morgan fingerprint density at radius 3 is 2.82 bits per heavy atom. The fraction of sp³-hybridized carbons (Fsp3) is 0.182. The molecule has 0 spiro atoms. The van der Waals surface area contributed by atoms with Crippen molar-refractivity contribution >= 4 is 5.91 Å². The summed E-state index contributed by atoms with van der Waals surface area (Å²) in [7, 11) is 0. The first-order chi connectivity index (χ1) is 13.6. The summed E-state index contributed by atoms with van der Waals surface area (Å²) in [5.41, 5.74) is 2.05. The third kappa shape index (κ3) is 3.60. The van der Waals surface area contributed by atoms with E-state index in [-0.39, 0.29) is 30.1 Å². The minimum atomic E-state index is -0.341. The molecule has 1 N–H and O–H groups in total. The van der Waals surface area contributed by atoms with E-state index in [2.05, 4.69) is 5.32 Å². The molecule has 0 saturated heterocycles. The minimum absolute atomic E-state index is 0.163. The zero-order valence-electron chi connectivity index (χ0n) is 14.9. The summed E-state index contributed by atoms with van der Waals surface area (Å²) in [4.78, 5) is 12.5. The molecule has 1 aromatic heterocycles. The molecule has 6 heteroatoms. The van der Waals surface area contributed by atoms with Gasteiger partial charge in [-0.25, -0.2) is 4.39 Å². The molecule has 3 aromatic rings. The Hall–Kier alpha value is -3.59. The van der Waals surface area contributed by atoms with Gasteiger partial charge >= 0.3 is 0 Å². The monoisotopic (exact) mass is 376 g/mol. The third-order valence-corrected chi connectivity index (χ3v) is 4.77. The van der Waals surface area contributed by atoms with Crippen molar-refractivity contribution in [1.29, 1.82) is 5.26 Å². The van der Waals surface area contributed by atoms with E-state index in [0.29, 0.717) is 35.5 Å². The topological polar surface area (TPSA) is 75.3 Å². The largest absolute Gasteiger partial charge is 0.486 e. The van der Waals surface area contributed by atoms with E-state index in [9.17, 15) is 9.18 Å². The maximum absolute atomic E-state index is 13.8. The van der Waals surface area contributed by atoms with E-state index in [0.717, 1.165) is 5.56 Å². The van der Waals surface area contributed by atoms with E-state index < -0.39 is 0 Å². The number of amides is 1. The number of furan rings is 1. The molecule has 28 heavy (non-hydrogen) atoms. The highest BCUT2D eigenvalue weighted by molar-refractivity contribution is 5.91. The van der Waals surface area contributed by atoms with Gasteiger partial charge in [-0.2, -0.15) is 5.26 Å². The summed E-state index contributed by atoms with van der Waals surface area (Å²) in [5.74, 6) is 0.725. The molecule has 4 rings (SSSR count). The van der Waals surface area contributed by atoms with Crippen molar-refractivity contribution in [3.8, 4) is 11.8 Å². The quantitative estimate of drug-likeness (QED) is 0.721. The van der Waals surface area contributed by atoms with Crippen molar-refractivity contribution in [1.82, 2.24) is 5.32 Å². The molecule has 5 nitrogen and oxygen atoms in total. The standard InChI is InChI=1S/C22H17FN2O3/c23-19-3-1-2-18-17(19)9-10-20(18)25-22(26)21-11-8-16(28-21)13-27-15-6-4-14(12-24)5-7-15/h1-8,11,20H,9-10,13H2,(H,25,26). The van der Waals surface area contributed by atoms with Crippen LogP contribution < -0.4 is 10.1 Å². The Morgan fingerprint density at radius 2 is 2.04 bits per heavy atom. The van der Waals surface area contributed by atoms with E-state index in [1.54, 1.807) is 42.5 Å². The highest BCUT2D eigenvalue weighted by Gasteiger charge is 2.27. The Labute approximate surface area is 161 Å². The molecule has 1 aliphatic carbocycles. The first-order valence-electron chi connectivity index (χ1n) is 8.94. The smallest absolute Gasteiger partial charge is 0.287 e. The summed E-state index contributed by atoms with van der Waals surface area (Å²) in [5, 5.41) is 11.7. The third-order valence-electron chi connectivity index (χ3n) is 4.77. The van der Waals surface area contributed by atoms with Crippen LogP contribution >= 0.6 is 0 Å². The molecule has 1 aliphatic rings. The van der Waals surface area contributed by atoms with Gasteiger partial charge in [-0.3, -0.25) is 4.79 Å². The van der Waals surface area contributed by atoms with Gasteiger partial charge in [0.05, 0.1) is 17.7 Å².